The zero-order valence-corrected chi connectivity index (χ0v) is 9.95. The van der Waals surface area contributed by atoms with Gasteiger partial charge in [-0.3, -0.25) is 0 Å². The van der Waals surface area contributed by atoms with Crippen molar-refractivity contribution in [3.05, 3.63) is 29.3 Å². The molecule has 3 rings (SSSR count). The van der Waals surface area contributed by atoms with Crippen molar-refractivity contribution in [1.82, 2.24) is 0 Å². The highest BCUT2D eigenvalue weighted by atomic mass is 15.2. The maximum Gasteiger partial charge on any atom is 0.0494 e. The summed E-state index contributed by atoms with van der Waals surface area (Å²) in [6.45, 7) is 3.16. The normalized spacial score (nSPS) is 25.1. The minimum Gasteiger partial charge on any atom is -0.366 e. The second-order valence-corrected chi connectivity index (χ2v) is 5.26. The van der Waals surface area contributed by atoms with Gasteiger partial charge in [0.1, 0.15) is 0 Å². The van der Waals surface area contributed by atoms with E-state index in [1.807, 2.05) is 0 Å². The molecule has 86 valence electrons. The van der Waals surface area contributed by atoms with E-state index in [0.29, 0.717) is 0 Å². The lowest BCUT2D eigenvalue weighted by Crippen LogP contribution is -2.33. The van der Waals surface area contributed by atoms with Crippen LogP contribution in [0.25, 0.3) is 0 Å². The molecule has 2 heteroatoms. The zero-order chi connectivity index (χ0) is 11.1. The van der Waals surface area contributed by atoms with Crippen LogP contribution in [-0.4, -0.2) is 12.6 Å². The third kappa shape index (κ3) is 1.52. The molecule has 2 nitrogen and oxygen atoms in total. The second kappa shape index (κ2) is 3.77. The number of hydrogen-bond acceptors (Lipinski definition) is 2. The van der Waals surface area contributed by atoms with Gasteiger partial charge in [0.25, 0.3) is 0 Å². The van der Waals surface area contributed by atoms with Gasteiger partial charge in [-0.05, 0) is 31.4 Å². The highest BCUT2D eigenvalue weighted by molar-refractivity contribution is 5.61. The van der Waals surface area contributed by atoms with Crippen LogP contribution in [0, 0.1) is 6.92 Å². The van der Waals surface area contributed by atoms with Crippen molar-refractivity contribution in [3.63, 3.8) is 0 Å². The molecule has 1 aromatic carbocycles. The average molecular weight is 216 g/mol. The first-order valence-corrected chi connectivity index (χ1v) is 6.38. The molecule has 16 heavy (non-hydrogen) atoms. The third-order valence-electron chi connectivity index (χ3n) is 4.05. The Bertz CT molecular complexity index is 394. The van der Waals surface area contributed by atoms with Gasteiger partial charge in [-0.2, -0.15) is 0 Å². The Labute approximate surface area is 97.4 Å². The predicted molar refractivity (Wildman–Crippen MR) is 67.7 cm³/mol. The molecule has 1 aliphatic heterocycles. The summed E-state index contributed by atoms with van der Waals surface area (Å²) < 4.78 is 0. The molecule has 0 radical (unpaired) electrons. The SMILES string of the molecule is Cc1ccc2c(c1)[C@@H](N)CN2C1CCCC1. The van der Waals surface area contributed by atoms with Crippen LogP contribution < -0.4 is 10.6 Å². The quantitative estimate of drug-likeness (QED) is 0.782. The van der Waals surface area contributed by atoms with Crippen molar-refractivity contribution < 1.29 is 0 Å². The molecular weight excluding hydrogens is 196 g/mol. The molecule has 2 aliphatic rings. The number of nitrogens with two attached hydrogens (primary N) is 1. The highest BCUT2D eigenvalue weighted by Gasteiger charge is 2.32. The van der Waals surface area contributed by atoms with Crippen LogP contribution in [0.1, 0.15) is 42.9 Å². The third-order valence-corrected chi connectivity index (χ3v) is 4.05. The molecular formula is C14H20N2. The summed E-state index contributed by atoms with van der Waals surface area (Å²) in [5.74, 6) is 0. The summed E-state index contributed by atoms with van der Waals surface area (Å²) in [5.41, 5.74) is 10.3. The van der Waals surface area contributed by atoms with Crippen molar-refractivity contribution in [1.29, 1.82) is 0 Å². The standard InChI is InChI=1S/C14H20N2/c1-10-6-7-14-12(8-10)13(15)9-16(14)11-4-2-3-5-11/h6-8,11,13H,2-5,9,15H2,1H3/t13-/m0/s1. The van der Waals surface area contributed by atoms with E-state index in [4.69, 9.17) is 5.73 Å². The van der Waals surface area contributed by atoms with E-state index in [1.54, 1.807) is 0 Å². The van der Waals surface area contributed by atoms with Gasteiger partial charge in [-0.25, -0.2) is 0 Å². The number of anilines is 1. The molecule has 0 bridgehead atoms. The number of benzene rings is 1. The van der Waals surface area contributed by atoms with Crippen LogP contribution in [0.4, 0.5) is 5.69 Å². The Morgan fingerprint density at radius 1 is 1.25 bits per heavy atom. The number of nitrogens with zero attached hydrogens (tertiary/aromatic N) is 1. The first kappa shape index (κ1) is 10.2. The van der Waals surface area contributed by atoms with Gasteiger partial charge < -0.3 is 10.6 Å². The Balaban J connectivity index is 1.95. The zero-order valence-electron chi connectivity index (χ0n) is 9.95. The van der Waals surface area contributed by atoms with Crippen LogP contribution in [0.3, 0.4) is 0 Å². The van der Waals surface area contributed by atoms with Gasteiger partial charge in [0.15, 0.2) is 0 Å². The Hall–Kier alpha value is -1.02. The van der Waals surface area contributed by atoms with Crippen molar-refractivity contribution in [2.24, 2.45) is 5.73 Å². The number of fused-ring (bicyclic) bond motifs is 1. The monoisotopic (exact) mass is 216 g/mol. The molecule has 1 atom stereocenters. The second-order valence-electron chi connectivity index (χ2n) is 5.26. The molecule has 0 unspecified atom stereocenters. The van der Waals surface area contributed by atoms with E-state index < -0.39 is 0 Å². The van der Waals surface area contributed by atoms with E-state index in [-0.39, 0.29) is 6.04 Å². The topological polar surface area (TPSA) is 29.3 Å². The Morgan fingerprint density at radius 2 is 2.00 bits per heavy atom. The summed E-state index contributed by atoms with van der Waals surface area (Å²) in [6.07, 6.45) is 5.47. The van der Waals surface area contributed by atoms with Crippen LogP contribution in [0.5, 0.6) is 0 Å². The van der Waals surface area contributed by atoms with E-state index in [9.17, 15) is 0 Å². The average Bonchev–Trinajstić information content (AvgIpc) is 2.87. The van der Waals surface area contributed by atoms with Gasteiger partial charge in [0, 0.05) is 24.3 Å². The van der Waals surface area contributed by atoms with Crippen molar-refractivity contribution in [2.45, 2.75) is 44.7 Å². The molecule has 0 saturated heterocycles. The maximum atomic E-state index is 6.23. The lowest BCUT2D eigenvalue weighted by atomic mass is 10.1. The minimum absolute atomic E-state index is 0.218. The maximum absolute atomic E-state index is 6.23. The Kier molecular flexibility index (Phi) is 2.40. The number of aryl methyl sites for hydroxylation is 1. The van der Waals surface area contributed by atoms with E-state index in [0.717, 1.165) is 12.6 Å². The molecule has 0 spiro atoms. The van der Waals surface area contributed by atoms with Gasteiger partial charge in [-0.1, -0.05) is 30.5 Å². The largest absolute Gasteiger partial charge is 0.366 e. The van der Waals surface area contributed by atoms with E-state index in [2.05, 4.69) is 30.0 Å². The fourth-order valence-electron chi connectivity index (χ4n) is 3.20. The van der Waals surface area contributed by atoms with Gasteiger partial charge in [-0.15, -0.1) is 0 Å². The molecule has 1 fully saturated rings. The molecule has 1 aliphatic carbocycles. The molecule has 2 N–H and O–H groups in total. The minimum atomic E-state index is 0.218. The summed E-state index contributed by atoms with van der Waals surface area (Å²) in [7, 11) is 0. The molecule has 1 saturated carbocycles. The molecule has 1 aromatic rings. The van der Waals surface area contributed by atoms with Crippen LogP contribution in [-0.2, 0) is 0 Å². The summed E-state index contributed by atoms with van der Waals surface area (Å²) >= 11 is 0. The van der Waals surface area contributed by atoms with E-state index >= 15 is 0 Å². The number of rotatable bonds is 1. The lowest BCUT2D eigenvalue weighted by Gasteiger charge is -2.27. The van der Waals surface area contributed by atoms with Gasteiger partial charge in [0.05, 0.1) is 0 Å². The summed E-state index contributed by atoms with van der Waals surface area (Å²) in [4.78, 5) is 2.55. The predicted octanol–water partition coefficient (Wildman–Crippen LogP) is 2.76. The van der Waals surface area contributed by atoms with Gasteiger partial charge >= 0.3 is 0 Å². The first-order valence-electron chi connectivity index (χ1n) is 6.38. The molecule has 1 heterocycles. The number of hydrogen-bond donors (Lipinski definition) is 1. The Morgan fingerprint density at radius 3 is 2.75 bits per heavy atom. The lowest BCUT2D eigenvalue weighted by molar-refractivity contribution is 0.597. The summed E-state index contributed by atoms with van der Waals surface area (Å²) in [5, 5.41) is 0. The van der Waals surface area contributed by atoms with Crippen molar-refractivity contribution in [3.8, 4) is 0 Å². The van der Waals surface area contributed by atoms with Crippen molar-refractivity contribution in [2.75, 3.05) is 11.4 Å². The van der Waals surface area contributed by atoms with Crippen LogP contribution >= 0.6 is 0 Å². The molecule has 0 amide bonds. The first-order chi connectivity index (χ1) is 7.75. The van der Waals surface area contributed by atoms with Gasteiger partial charge in [0.2, 0.25) is 0 Å². The van der Waals surface area contributed by atoms with Crippen LogP contribution in [0.15, 0.2) is 18.2 Å². The van der Waals surface area contributed by atoms with E-state index in [1.165, 1.54) is 42.5 Å². The fourth-order valence-corrected chi connectivity index (χ4v) is 3.20. The smallest absolute Gasteiger partial charge is 0.0494 e. The summed E-state index contributed by atoms with van der Waals surface area (Å²) in [6, 6.07) is 7.69. The highest BCUT2D eigenvalue weighted by Crippen LogP contribution is 2.38. The van der Waals surface area contributed by atoms with Crippen LogP contribution in [0.2, 0.25) is 0 Å². The molecule has 0 aromatic heterocycles. The van der Waals surface area contributed by atoms with Crippen molar-refractivity contribution >= 4 is 5.69 Å². The fraction of sp³-hybridized carbons (Fsp3) is 0.571.